The normalized spacial score (nSPS) is 18.4. The van der Waals surface area contributed by atoms with Crippen LogP contribution in [0.5, 0.6) is 11.5 Å². The van der Waals surface area contributed by atoms with Crippen molar-refractivity contribution in [3.8, 4) is 11.5 Å². The van der Waals surface area contributed by atoms with Gasteiger partial charge in [0.25, 0.3) is 5.56 Å². The molecule has 0 amide bonds. The van der Waals surface area contributed by atoms with E-state index in [2.05, 4.69) is 15.3 Å². The van der Waals surface area contributed by atoms with Gasteiger partial charge in [0.05, 0.1) is 0 Å². The third kappa shape index (κ3) is 4.90. The lowest BCUT2D eigenvalue weighted by atomic mass is 10.1. The number of nitrogens with one attached hydrogen (secondary N) is 1. The molecular formula is C22H24FN5O4S. The largest absolute Gasteiger partial charge is 0.448 e. The molecule has 2 aliphatic rings. The molecule has 2 aromatic heterocycles. The van der Waals surface area contributed by atoms with E-state index in [0.29, 0.717) is 30.1 Å². The summed E-state index contributed by atoms with van der Waals surface area (Å²) >= 11 is -1.83. The lowest BCUT2D eigenvalue weighted by Crippen LogP contribution is -2.40. The van der Waals surface area contributed by atoms with Crippen molar-refractivity contribution in [1.82, 2.24) is 19.4 Å². The van der Waals surface area contributed by atoms with E-state index in [9.17, 15) is 13.4 Å². The summed E-state index contributed by atoms with van der Waals surface area (Å²) in [6, 6.07) is 7.70. The minimum absolute atomic E-state index is 0.00752. The fourth-order valence-corrected chi connectivity index (χ4v) is 4.67. The van der Waals surface area contributed by atoms with Crippen molar-refractivity contribution in [2.24, 2.45) is 0 Å². The van der Waals surface area contributed by atoms with Gasteiger partial charge in [-0.2, -0.15) is 4.98 Å². The number of rotatable bonds is 7. The molecule has 11 heteroatoms. The van der Waals surface area contributed by atoms with Crippen molar-refractivity contribution in [2.45, 2.75) is 37.8 Å². The summed E-state index contributed by atoms with van der Waals surface area (Å²) in [6.45, 7) is 1.42. The number of halogens is 1. The van der Waals surface area contributed by atoms with Crippen LogP contribution in [0, 0.1) is 5.82 Å². The van der Waals surface area contributed by atoms with Crippen LogP contribution < -0.4 is 15.6 Å². The summed E-state index contributed by atoms with van der Waals surface area (Å²) in [4.78, 5) is 24.2. The van der Waals surface area contributed by atoms with Crippen LogP contribution in [0.15, 0.2) is 41.3 Å². The van der Waals surface area contributed by atoms with Crippen LogP contribution in [-0.4, -0.2) is 53.2 Å². The number of benzene rings is 1. The standard InChI is InChI=1S/C22H24FN5O4S/c23-17-3-1-2-4-18(17)32-19-11-14-12-24-22(26-20(14)28(21(19)29)16-5-6-16)25-15-7-9-27(10-8-15)13-33(30)31/h1-4,11-12,15-16H,5-10,13H2,(H,30,31)(H,24,25,26). The molecule has 3 heterocycles. The first-order chi connectivity index (χ1) is 16.0. The number of fused-ring (bicyclic) bond motifs is 1. The zero-order valence-electron chi connectivity index (χ0n) is 17.8. The number of aromatic nitrogens is 3. The molecule has 1 aliphatic carbocycles. The molecule has 1 saturated carbocycles. The number of para-hydroxylation sites is 1. The van der Waals surface area contributed by atoms with Gasteiger partial charge < -0.3 is 14.6 Å². The Kier molecular flexibility index (Phi) is 6.09. The first-order valence-electron chi connectivity index (χ1n) is 10.9. The molecule has 2 fully saturated rings. The molecule has 0 radical (unpaired) electrons. The van der Waals surface area contributed by atoms with Crippen molar-refractivity contribution in [2.75, 3.05) is 24.3 Å². The molecule has 1 aromatic carbocycles. The second-order valence-corrected chi connectivity index (χ2v) is 9.31. The van der Waals surface area contributed by atoms with E-state index in [1.807, 2.05) is 4.90 Å². The summed E-state index contributed by atoms with van der Waals surface area (Å²) < 4.78 is 41.4. The monoisotopic (exact) mass is 473 g/mol. The fraction of sp³-hybridized carbons (Fsp3) is 0.409. The van der Waals surface area contributed by atoms with E-state index in [1.165, 1.54) is 12.1 Å². The van der Waals surface area contributed by atoms with Gasteiger partial charge in [-0.15, -0.1) is 0 Å². The topological polar surface area (TPSA) is 110 Å². The molecule has 174 valence electrons. The Morgan fingerprint density at radius 2 is 1.94 bits per heavy atom. The van der Waals surface area contributed by atoms with Gasteiger partial charge in [-0.25, -0.2) is 13.6 Å². The smallest absolute Gasteiger partial charge is 0.295 e. The van der Waals surface area contributed by atoms with Crippen molar-refractivity contribution in [3.05, 3.63) is 52.7 Å². The van der Waals surface area contributed by atoms with E-state index < -0.39 is 16.9 Å². The third-order valence-electron chi connectivity index (χ3n) is 5.92. The van der Waals surface area contributed by atoms with Crippen LogP contribution in [0.2, 0.25) is 0 Å². The number of pyridine rings is 1. The maximum Gasteiger partial charge on any atom is 0.295 e. The number of hydrogen-bond acceptors (Lipinski definition) is 7. The molecule has 5 rings (SSSR count). The van der Waals surface area contributed by atoms with Crippen LogP contribution in [0.3, 0.4) is 0 Å². The predicted molar refractivity (Wildman–Crippen MR) is 122 cm³/mol. The Bertz CT molecular complexity index is 1260. The summed E-state index contributed by atoms with van der Waals surface area (Å²) in [6.07, 6.45) is 4.97. The summed E-state index contributed by atoms with van der Waals surface area (Å²) in [5.41, 5.74) is 0.178. The average Bonchev–Trinajstić information content (AvgIpc) is 3.62. The first kappa shape index (κ1) is 21.9. The number of likely N-dealkylation sites (tertiary alicyclic amines) is 1. The SMILES string of the molecule is O=c1c(Oc2ccccc2F)cc2cnc(NC3CCN(CS(=O)O)CC3)nc2n1C1CC1. The van der Waals surface area contributed by atoms with Gasteiger partial charge in [0, 0.05) is 36.8 Å². The van der Waals surface area contributed by atoms with Gasteiger partial charge in [-0.3, -0.25) is 14.3 Å². The molecule has 0 spiro atoms. The molecule has 9 nitrogen and oxygen atoms in total. The van der Waals surface area contributed by atoms with Crippen LogP contribution in [-0.2, 0) is 11.1 Å². The van der Waals surface area contributed by atoms with Gasteiger partial charge in [-0.1, -0.05) is 12.1 Å². The molecule has 3 aromatic rings. The maximum absolute atomic E-state index is 14.1. The minimum atomic E-state index is -1.83. The predicted octanol–water partition coefficient (Wildman–Crippen LogP) is 3.11. The Morgan fingerprint density at radius 3 is 2.64 bits per heavy atom. The Balaban J connectivity index is 1.40. The third-order valence-corrected chi connectivity index (χ3v) is 6.51. The highest BCUT2D eigenvalue weighted by Gasteiger charge is 2.29. The highest BCUT2D eigenvalue weighted by atomic mass is 32.2. The summed E-state index contributed by atoms with van der Waals surface area (Å²) in [5, 5.41) is 3.97. The Hall–Kier alpha value is -2.89. The first-order valence-corrected chi connectivity index (χ1v) is 12.2. The number of nitrogens with zero attached hydrogens (tertiary/aromatic N) is 4. The zero-order valence-corrected chi connectivity index (χ0v) is 18.6. The molecule has 2 N–H and O–H groups in total. The van der Waals surface area contributed by atoms with Crippen LogP contribution >= 0.6 is 0 Å². The fourth-order valence-electron chi connectivity index (χ4n) is 4.10. The van der Waals surface area contributed by atoms with Crippen LogP contribution in [0.4, 0.5) is 10.3 Å². The zero-order chi connectivity index (χ0) is 22.9. The second-order valence-electron chi connectivity index (χ2n) is 8.41. The highest BCUT2D eigenvalue weighted by Crippen LogP contribution is 2.37. The Labute approximate surface area is 191 Å². The van der Waals surface area contributed by atoms with E-state index in [4.69, 9.17) is 9.29 Å². The molecule has 1 saturated heterocycles. The van der Waals surface area contributed by atoms with E-state index in [1.54, 1.807) is 29.0 Å². The van der Waals surface area contributed by atoms with Crippen molar-refractivity contribution in [1.29, 1.82) is 0 Å². The minimum Gasteiger partial charge on any atom is -0.448 e. The summed E-state index contributed by atoms with van der Waals surface area (Å²) in [5.74, 6) is 0.0825. The molecule has 1 unspecified atom stereocenters. The summed E-state index contributed by atoms with van der Waals surface area (Å²) in [7, 11) is 0. The van der Waals surface area contributed by atoms with Crippen molar-refractivity contribution >= 4 is 28.1 Å². The highest BCUT2D eigenvalue weighted by molar-refractivity contribution is 7.79. The molecule has 0 bridgehead atoms. The lowest BCUT2D eigenvalue weighted by molar-refractivity contribution is 0.247. The molecule has 33 heavy (non-hydrogen) atoms. The van der Waals surface area contributed by atoms with Gasteiger partial charge >= 0.3 is 0 Å². The van der Waals surface area contributed by atoms with Gasteiger partial charge in [0.15, 0.2) is 28.4 Å². The quantitative estimate of drug-likeness (QED) is 0.504. The van der Waals surface area contributed by atoms with Gasteiger partial charge in [0.2, 0.25) is 5.95 Å². The van der Waals surface area contributed by atoms with Crippen molar-refractivity contribution < 1.29 is 17.9 Å². The van der Waals surface area contributed by atoms with Gasteiger partial charge in [-0.05, 0) is 43.9 Å². The van der Waals surface area contributed by atoms with Crippen LogP contribution in [0.1, 0.15) is 31.7 Å². The maximum atomic E-state index is 14.1. The number of anilines is 1. The average molecular weight is 474 g/mol. The van der Waals surface area contributed by atoms with Crippen molar-refractivity contribution in [3.63, 3.8) is 0 Å². The molecular weight excluding hydrogens is 449 g/mol. The van der Waals surface area contributed by atoms with Gasteiger partial charge in [0.1, 0.15) is 11.5 Å². The number of hydrogen-bond donors (Lipinski definition) is 2. The molecule has 1 atom stereocenters. The van der Waals surface area contributed by atoms with Crippen LogP contribution in [0.25, 0.3) is 11.0 Å². The second kappa shape index (κ2) is 9.16. The lowest BCUT2D eigenvalue weighted by Gasteiger charge is -2.31. The number of ether oxygens (including phenoxy) is 1. The number of piperidine rings is 1. The van der Waals surface area contributed by atoms with E-state index in [0.717, 1.165) is 25.7 Å². The van der Waals surface area contributed by atoms with E-state index in [-0.39, 0.29) is 35.0 Å². The Morgan fingerprint density at radius 1 is 1.18 bits per heavy atom. The van der Waals surface area contributed by atoms with E-state index >= 15 is 0 Å². The molecule has 1 aliphatic heterocycles.